The van der Waals surface area contributed by atoms with Gasteiger partial charge in [-0.1, -0.05) is 13.0 Å². The summed E-state index contributed by atoms with van der Waals surface area (Å²) in [5, 5.41) is 17.9. The number of carboxylic acid groups (broad SMARTS) is 2. The Kier molecular flexibility index (Phi) is 3.09. The van der Waals surface area contributed by atoms with E-state index in [1.807, 2.05) is 0 Å². The van der Waals surface area contributed by atoms with Crippen molar-refractivity contribution in [1.82, 2.24) is 0 Å². The van der Waals surface area contributed by atoms with Crippen LogP contribution in [-0.4, -0.2) is 22.2 Å². The Morgan fingerprint density at radius 1 is 1.20 bits per heavy atom. The molecule has 4 heteroatoms. The summed E-state index contributed by atoms with van der Waals surface area (Å²) in [5.41, 5.74) is 1.15. The Bertz CT molecular complexity index is 421. The summed E-state index contributed by atoms with van der Waals surface area (Å²) in [5.74, 6) is -2.16. The Hall–Kier alpha value is -1.84. The fraction of sp³-hybridized carbons (Fsp3) is 0.273. The zero-order chi connectivity index (χ0) is 11.6. The molecule has 0 saturated carbocycles. The van der Waals surface area contributed by atoms with Crippen LogP contribution in [0.1, 0.15) is 38.8 Å². The summed E-state index contributed by atoms with van der Waals surface area (Å²) in [6.45, 7) is 3.40. The smallest absolute Gasteiger partial charge is 0.336 e. The standard InChI is InChI=1S/C11H12O4/c1-3-7-8(10(12)13)5-4-6(2)9(7)11(14)15/h4-5H,3H2,1-2H3,(H,12,13)(H,14,15). The molecule has 0 aromatic heterocycles. The fourth-order valence-corrected chi connectivity index (χ4v) is 1.63. The first-order valence-corrected chi connectivity index (χ1v) is 4.58. The largest absolute Gasteiger partial charge is 0.478 e. The number of rotatable bonds is 3. The van der Waals surface area contributed by atoms with Crippen molar-refractivity contribution in [2.75, 3.05) is 0 Å². The summed E-state index contributed by atoms with van der Waals surface area (Å²) in [6.07, 6.45) is 0.394. The van der Waals surface area contributed by atoms with E-state index >= 15 is 0 Å². The molecular formula is C11H12O4. The number of carboxylic acids is 2. The lowest BCUT2D eigenvalue weighted by Crippen LogP contribution is -2.11. The second-order valence-electron chi connectivity index (χ2n) is 3.25. The molecule has 1 aromatic rings. The van der Waals surface area contributed by atoms with Gasteiger partial charge in [-0.3, -0.25) is 0 Å². The van der Waals surface area contributed by atoms with Gasteiger partial charge in [0.15, 0.2) is 0 Å². The van der Waals surface area contributed by atoms with E-state index in [0.29, 0.717) is 17.5 Å². The molecule has 0 atom stereocenters. The molecule has 0 aliphatic rings. The summed E-state index contributed by atoms with van der Waals surface area (Å²) < 4.78 is 0. The zero-order valence-corrected chi connectivity index (χ0v) is 8.57. The van der Waals surface area contributed by atoms with Gasteiger partial charge in [-0.15, -0.1) is 0 Å². The number of carbonyl (C=O) groups is 2. The third kappa shape index (κ3) is 1.98. The van der Waals surface area contributed by atoms with Crippen molar-refractivity contribution in [2.24, 2.45) is 0 Å². The lowest BCUT2D eigenvalue weighted by molar-refractivity contribution is 0.0695. The molecule has 0 saturated heterocycles. The third-order valence-corrected chi connectivity index (χ3v) is 2.32. The summed E-state index contributed by atoms with van der Waals surface area (Å²) in [6, 6.07) is 2.97. The highest BCUT2D eigenvalue weighted by atomic mass is 16.4. The van der Waals surface area contributed by atoms with Crippen molar-refractivity contribution < 1.29 is 19.8 Å². The first kappa shape index (κ1) is 11.2. The van der Waals surface area contributed by atoms with Gasteiger partial charge in [0, 0.05) is 0 Å². The average molecular weight is 208 g/mol. The second-order valence-corrected chi connectivity index (χ2v) is 3.25. The SMILES string of the molecule is CCc1c(C(=O)O)ccc(C)c1C(=O)O. The maximum absolute atomic E-state index is 11.0. The number of hydrogen-bond acceptors (Lipinski definition) is 2. The van der Waals surface area contributed by atoms with Gasteiger partial charge in [-0.2, -0.15) is 0 Å². The van der Waals surface area contributed by atoms with Crippen molar-refractivity contribution in [3.05, 3.63) is 34.4 Å². The van der Waals surface area contributed by atoms with Crippen LogP contribution in [0.25, 0.3) is 0 Å². The van der Waals surface area contributed by atoms with Crippen molar-refractivity contribution in [3.8, 4) is 0 Å². The maximum Gasteiger partial charge on any atom is 0.336 e. The molecule has 0 fully saturated rings. The highest BCUT2D eigenvalue weighted by molar-refractivity contribution is 5.97. The van der Waals surface area contributed by atoms with E-state index in [1.54, 1.807) is 13.8 Å². The quantitative estimate of drug-likeness (QED) is 0.796. The topological polar surface area (TPSA) is 74.6 Å². The Morgan fingerprint density at radius 3 is 2.20 bits per heavy atom. The van der Waals surface area contributed by atoms with Gasteiger partial charge >= 0.3 is 11.9 Å². The van der Waals surface area contributed by atoms with Crippen LogP contribution in [0.4, 0.5) is 0 Å². The van der Waals surface area contributed by atoms with Crippen LogP contribution in [0.5, 0.6) is 0 Å². The molecule has 15 heavy (non-hydrogen) atoms. The summed E-state index contributed by atoms with van der Waals surface area (Å²) in [7, 11) is 0. The minimum atomic E-state index is -1.09. The zero-order valence-electron chi connectivity index (χ0n) is 8.57. The van der Waals surface area contributed by atoms with Crippen LogP contribution >= 0.6 is 0 Å². The lowest BCUT2D eigenvalue weighted by atomic mass is 9.95. The van der Waals surface area contributed by atoms with Crippen LogP contribution in [0.2, 0.25) is 0 Å². The molecule has 0 radical (unpaired) electrons. The van der Waals surface area contributed by atoms with E-state index < -0.39 is 11.9 Å². The first-order chi connectivity index (χ1) is 6.99. The fourth-order valence-electron chi connectivity index (χ4n) is 1.63. The van der Waals surface area contributed by atoms with Crippen LogP contribution in [0, 0.1) is 6.92 Å². The Labute approximate surface area is 87.2 Å². The maximum atomic E-state index is 11.0. The highest BCUT2D eigenvalue weighted by Crippen LogP contribution is 2.20. The molecule has 1 aromatic carbocycles. The van der Waals surface area contributed by atoms with Crippen LogP contribution in [0.15, 0.2) is 12.1 Å². The van der Waals surface area contributed by atoms with Crippen LogP contribution in [0.3, 0.4) is 0 Å². The van der Waals surface area contributed by atoms with Crippen molar-refractivity contribution in [1.29, 1.82) is 0 Å². The molecule has 0 aliphatic carbocycles. The highest BCUT2D eigenvalue weighted by Gasteiger charge is 2.18. The number of aromatic carboxylic acids is 2. The van der Waals surface area contributed by atoms with Crippen molar-refractivity contribution in [3.63, 3.8) is 0 Å². The second kappa shape index (κ2) is 4.13. The predicted octanol–water partition coefficient (Wildman–Crippen LogP) is 1.95. The summed E-state index contributed by atoms with van der Waals surface area (Å²) in [4.78, 5) is 21.9. The molecule has 2 N–H and O–H groups in total. The van der Waals surface area contributed by atoms with Crippen molar-refractivity contribution in [2.45, 2.75) is 20.3 Å². The van der Waals surface area contributed by atoms with Gasteiger partial charge in [0.25, 0.3) is 0 Å². The monoisotopic (exact) mass is 208 g/mol. The molecule has 0 aliphatic heterocycles. The first-order valence-electron chi connectivity index (χ1n) is 4.58. The number of aryl methyl sites for hydroxylation is 1. The van der Waals surface area contributed by atoms with E-state index in [9.17, 15) is 9.59 Å². The van der Waals surface area contributed by atoms with Gasteiger partial charge in [0.05, 0.1) is 11.1 Å². The van der Waals surface area contributed by atoms with E-state index in [0.717, 1.165) is 0 Å². The molecule has 4 nitrogen and oxygen atoms in total. The molecule has 0 bridgehead atoms. The molecule has 1 rings (SSSR count). The average Bonchev–Trinajstić information content (AvgIpc) is 2.15. The number of benzene rings is 1. The Morgan fingerprint density at radius 2 is 1.80 bits per heavy atom. The van der Waals surface area contributed by atoms with Gasteiger partial charge in [0.2, 0.25) is 0 Å². The minimum Gasteiger partial charge on any atom is -0.478 e. The lowest BCUT2D eigenvalue weighted by Gasteiger charge is -2.10. The van der Waals surface area contributed by atoms with Gasteiger partial charge in [0.1, 0.15) is 0 Å². The molecule has 0 spiro atoms. The molecule has 80 valence electrons. The molecule has 0 unspecified atom stereocenters. The van der Waals surface area contributed by atoms with Crippen molar-refractivity contribution >= 4 is 11.9 Å². The van der Waals surface area contributed by atoms with E-state index in [1.165, 1.54) is 12.1 Å². The van der Waals surface area contributed by atoms with Gasteiger partial charge in [-0.05, 0) is 30.5 Å². The molecular weight excluding hydrogens is 196 g/mol. The normalized spacial score (nSPS) is 10.0. The molecule has 0 heterocycles. The van der Waals surface area contributed by atoms with Gasteiger partial charge < -0.3 is 10.2 Å². The Balaban J connectivity index is 3.54. The van der Waals surface area contributed by atoms with E-state index in [-0.39, 0.29) is 11.1 Å². The molecule has 0 amide bonds. The third-order valence-electron chi connectivity index (χ3n) is 2.32. The van der Waals surface area contributed by atoms with Crippen LogP contribution in [-0.2, 0) is 6.42 Å². The number of hydrogen-bond donors (Lipinski definition) is 2. The van der Waals surface area contributed by atoms with Gasteiger partial charge in [-0.25, -0.2) is 9.59 Å². The van der Waals surface area contributed by atoms with E-state index in [4.69, 9.17) is 10.2 Å². The van der Waals surface area contributed by atoms with Crippen LogP contribution < -0.4 is 0 Å². The van der Waals surface area contributed by atoms with E-state index in [2.05, 4.69) is 0 Å². The summed E-state index contributed by atoms with van der Waals surface area (Å²) >= 11 is 0. The minimum absolute atomic E-state index is 0.0699. The predicted molar refractivity (Wildman–Crippen MR) is 54.5 cm³/mol.